The molecule has 6 nitrogen and oxygen atoms in total. The fourth-order valence-electron chi connectivity index (χ4n) is 2.74. The molecule has 154 valence electrons. The third-order valence-electron chi connectivity index (χ3n) is 4.30. The fraction of sp³-hybridized carbons (Fsp3) is 0.0909. The van der Waals surface area contributed by atoms with Crippen LogP contribution in [0.25, 0.3) is 0 Å². The summed E-state index contributed by atoms with van der Waals surface area (Å²) >= 11 is 3.33. The Morgan fingerprint density at radius 1 is 0.900 bits per heavy atom. The standard InChI is InChI=1S/C22H19BrN2O4S/c1-14-9-10-20(23)21(11-14)25-30(28,29)19-8-4-6-17(13-19)22(27)24-18-7-3-5-16(12-18)15(2)26/h3-13,25H,1-2H3,(H,24,27). The van der Waals surface area contributed by atoms with Gasteiger partial charge >= 0.3 is 0 Å². The van der Waals surface area contributed by atoms with Crippen LogP contribution < -0.4 is 10.0 Å². The van der Waals surface area contributed by atoms with E-state index in [2.05, 4.69) is 26.0 Å². The summed E-state index contributed by atoms with van der Waals surface area (Å²) in [7, 11) is -3.90. The Morgan fingerprint density at radius 2 is 1.60 bits per heavy atom. The Balaban J connectivity index is 1.84. The van der Waals surface area contributed by atoms with Crippen LogP contribution in [0.3, 0.4) is 0 Å². The van der Waals surface area contributed by atoms with Gasteiger partial charge in [0.05, 0.1) is 10.6 Å². The zero-order valence-corrected chi connectivity index (χ0v) is 18.7. The van der Waals surface area contributed by atoms with Gasteiger partial charge in [-0.2, -0.15) is 0 Å². The minimum absolute atomic E-state index is 0.0407. The second-order valence-corrected chi connectivity index (χ2v) is 9.24. The molecule has 2 N–H and O–H groups in total. The van der Waals surface area contributed by atoms with Crippen molar-refractivity contribution in [2.24, 2.45) is 0 Å². The van der Waals surface area contributed by atoms with E-state index in [0.717, 1.165) is 5.56 Å². The van der Waals surface area contributed by atoms with E-state index in [9.17, 15) is 18.0 Å². The van der Waals surface area contributed by atoms with Crippen LogP contribution in [-0.4, -0.2) is 20.1 Å². The molecule has 0 saturated carbocycles. The Labute approximate surface area is 183 Å². The van der Waals surface area contributed by atoms with Gasteiger partial charge in [-0.3, -0.25) is 14.3 Å². The topological polar surface area (TPSA) is 92.3 Å². The van der Waals surface area contributed by atoms with Gasteiger partial charge in [0.2, 0.25) is 0 Å². The first-order valence-corrected chi connectivity index (χ1v) is 11.2. The number of hydrogen-bond donors (Lipinski definition) is 2. The average molecular weight is 487 g/mol. The number of halogens is 1. The monoisotopic (exact) mass is 486 g/mol. The number of Topliss-reactive ketones (excluding diaryl/α,β-unsaturated/α-hetero) is 1. The number of sulfonamides is 1. The van der Waals surface area contributed by atoms with Crippen molar-refractivity contribution in [3.63, 3.8) is 0 Å². The minimum Gasteiger partial charge on any atom is -0.322 e. The number of amides is 1. The summed E-state index contributed by atoms with van der Waals surface area (Å²) in [6.07, 6.45) is 0. The lowest BCUT2D eigenvalue weighted by Gasteiger charge is -2.12. The van der Waals surface area contributed by atoms with Gasteiger partial charge < -0.3 is 5.32 Å². The smallest absolute Gasteiger partial charge is 0.261 e. The normalized spacial score (nSPS) is 11.0. The number of aryl methyl sites for hydroxylation is 1. The van der Waals surface area contributed by atoms with Gasteiger partial charge in [-0.25, -0.2) is 8.42 Å². The average Bonchev–Trinajstić information content (AvgIpc) is 2.71. The van der Waals surface area contributed by atoms with Gasteiger partial charge in [0, 0.05) is 21.3 Å². The number of carbonyl (C=O) groups is 2. The van der Waals surface area contributed by atoms with Gasteiger partial charge in [0.1, 0.15) is 0 Å². The summed E-state index contributed by atoms with van der Waals surface area (Å²) in [5.41, 5.74) is 2.40. The maximum Gasteiger partial charge on any atom is 0.261 e. The number of benzene rings is 3. The Bertz CT molecular complexity index is 1240. The molecule has 0 atom stereocenters. The van der Waals surface area contributed by atoms with Crippen molar-refractivity contribution in [2.75, 3.05) is 10.0 Å². The Morgan fingerprint density at radius 3 is 2.33 bits per heavy atom. The summed E-state index contributed by atoms with van der Waals surface area (Å²) in [6, 6.07) is 17.6. The first-order chi connectivity index (χ1) is 14.2. The van der Waals surface area contributed by atoms with Crippen molar-refractivity contribution in [1.82, 2.24) is 0 Å². The van der Waals surface area contributed by atoms with Crippen LogP contribution in [0.5, 0.6) is 0 Å². The van der Waals surface area contributed by atoms with Gasteiger partial charge in [-0.05, 0) is 77.8 Å². The van der Waals surface area contributed by atoms with E-state index in [-0.39, 0.29) is 16.2 Å². The zero-order chi connectivity index (χ0) is 21.9. The maximum atomic E-state index is 12.8. The van der Waals surface area contributed by atoms with Crippen molar-refractivity contribution in [3.8, 4) is 0 Å². The van der Waals surface area contributed by atoms with E-state index >= 15 is 0 Å². The highest BCUT2D eigenvalue weighted by Crippen LogP contribution is 2.26. The SMILES string of the molecule is CC(=O)c1cccc(NC(=O)c2cccc(S(=O)(=O)Nc3cc(C)ccc3Br)c2)c1. The molecule has 0 radical (unpaired) electrons. The second-order valence-electron chi connectivity index (χ2n) is 6.71. The summed E-state index contributed by atoms with van der Waals surface area (Å²) in [4.78, 5) is 24.1. The maximum absolute atomic E-state index is 12.8. The van der Waals surface area contributed by atoms with Crippen LogP contribution in [0.4, 0.5) is 11.4 Å². The molecular weight excluding hydrogens is 468 g/mol. The van der Waals surface area contributed by atoms with E-state index in [1.54, 1.807) is 36.4 Å². The van der Waals surface area contributed by atoms with Crippen LogP contribution in [-0.2, 0) is 10.0 Å². The molecule has 0 aliphatic rings. The number of carbonyl (C=O) groups excluding carboxylic acids is 2. The van der Waals surface area contributed by atoms with E-state index in [1.165, 1.54) is 31.2 Å². The Kier molecular flexibility index (Phi) is 6.38. The third kappa shape index (κ3) is 5.14. The number of anilines is 2. The minimum atomic E-state index is -3.90. The molecule has 8 heteroatoms. The van der Waals surface area contributed by atoms with Crippen LogP contribution >= 0.6 is 15.9 Å². The predicted octanol–water partition coefficient (Wildman–Crippen LogP) is 5.01. The van der Waals surface area contributed by atoms with Gasteiger partial charge in [-0.15, -0.1) is 0 Å². The highest BCUT2D eigenvalue weighted by molar-refractivity contribution is 9.10. The molecule has 3 aromatic rings. The number of nitrogens with one attached hydrogen (secondary N) is 2. The lowest BCUT2D eigenvalue weighted by molar-refractivity contribution is 0.101. The van der Waals surface area contributed by atoms with E-state index in [0.29, 0.717) is 21.4 Å². The molecule has 0 bridgehead atoms. The molecule has 0 heterocycles. The first-order valence-electron chi connectivity index (χ1n) is 8.97. The summed E-state index contributed by atoms with van der Waals surface area (Å²) in [5, 5.41) is 2.68. The van der Waals surface area contributed by atoms with E-state index in [4.69, 9.17) is 0 Å². The molecule has 0 aromatic heterocycles. The molecule has 1 amide bonds. The van der Waals surface area contributed by atoms with Gasteiger partial charge in [0.15, 0.2) is 5.78 Å². The third-order valence-corrected chi connectivity index (χ3v) is 6.35. The first kappa shape index (κ1) is 21.7. The number of rotatable bonds is 6. The van der Waals surface area contributed by atoms with Crippen LogP contribution in [0.1, 0.15) is 33.2 Å². The second kappa shape index (κ2) is 8.81. The molecule has 0 aliphatic heterocycles. The number of ketones is 1. The summed E-state index contributed by atoms with van der Waals surface area (Å²) < 4.78 is 28.8. The zero-order valence-electron chi connectivity index (χ0n) is 16.3. The van der Waals surface area contributed by atoms with Crippen LogP contribution in [0.15, 0.2) is 76.1 Å². The van der Waals surface area contributed by atoms with Gasteiger partial charge in [-0.1, -0.05) is 24.3 Å². The van der Waals surface area contributed by atoms with Crippen molar-refractivity contribution < 1.29 is 18.0 Å². The van der Waals surface area contributed by atoms with Crippen molar-refractivity contribution >= 4 is 49.0 Å². The molecule has 0 fully saturated rings. The van der Waals surface area contributed by atoms with Crippen molar-refractivity contribution in [2.45, 2.75) is 18.7 Å². The van der Waals surface area contributed by atoms with Crippen molar-refractivity contribution in [1.29, 1.82) is 0 Å². The summed E-state index contributed by atoms with van der Waals surface area (Å²) in [5.74, 6) is -0.600. The Hall–Kier alpha value is -2.97. The van der Waals surface area contributed by atoms with Gasteiger partial charge in [0.25, 0.3) is 15.9 Å². The highest BCUT2D eigenvalue weighted by atomic mass is 79.9. The molecule has 0 saturated heterocycles. The number of hydrogen-bond acceptors (Lipinski definition) is 4. The molecule has 0 spiro atoms. The molecule has 3 aromatic carbocycles. The molecule has 3 rings (SSSR count). The van der Waals surface area contributed by atoms with E-state index in [1.807, 2.05) is 13.0 Å². The molecule has 0 aliphatic carbocycles. The molecule has 30 heavy (non-hydrogen) atoms. The highest BCUT2D eigenvalue weighted by Gasteiger charge is 2.18. The fourth-order valence-corrected chi connectivity index (χ4v) is 4.34. The van der Waals surface area contributed by atoms with Crippen LogP contribution in [0.2, 0.25) is 0 Å². The summed E-state index contributed by atoms with van der Waals surface area (Å²) in [6.45, 7) is 3.30. The quantitative estimate of drug-likeness (QED) is 0.478. The van der Waals surface area contributed by atoms with Crippen molar-refractivity contribution in [3.05, 3.63) is 87.9 Å². The lowest BCUT2D eigenvalue weighted by Crippen LogP contribution is -2.16. The predicted molar refractivity (Wildman–Crippen MR) is 121 cm³/mol. The lowest BCUT2D eigenvalue weighted by atomic mass is 10.1. The van der Waals surface area contributed by atoms with E-state index < -0.39 is 15.9 Å². The molecular formula is C22H19BrN2O4S. The van der Waals surface area contributed by atoms with Crippen LogP contribution in [0, 0.1) is 6.92 Å². The largest absolute Gasteiger partial charge is 0.322 e. The molecule has 0 unspecified atom stereocenters.